The second-order valence-electron chi connectivity index (χ2n) is 6.20. The second-order valence-corrected chi connectivity index (χ2v) is 6.20. The van der Waals surface area contributed by atoms with Gasteiger partial charge in [-0.3, -0.25) is 14.0 Å². The molecule has 3 aromatic rings. The van der Waals surface area contributed by atoms with Crippen LogP contribution in [-0.2, 0) is 11.2 Å². The molecule has 1 aromatic carbocycles. The van der Waals surface area contributed by atoms with Crippen molar-refractivity contribution < 1.29 is 4.79 Å². The lowest BCUT2D eigenvalue weighted by molar-refractivity contribution is -0.116. The van der Waals surface area contributed by atoms with Crippen LogP contribution >= 0.6 is 0 Å². The third-order valence-corrected chi connectivity index (χ3v) is 4.13. The highest BCUT2D eigenvalue weighted by atomic mass is 16.2. The molecule has 0 atom stereocenters. The van der Waals surface area contributed by atoms with Crippen molar-refractivity contribution in [2.24, 2.45) is 0 Å². The van der Waals surface area contributed by atoms with Gasteiger partial charge in [0.05, 0.1) is 5.69 Å². The van der Waals surface area contributed by atoms with E-state index in [4.69, 9.17) is 0 Å². The van der Waals surface area contributed by atoms with E-state index in [-0.39, 0.29) is 17.2 Å². The maximum atomic E-state index is 12.6. The lowest BCUT2D eigenvalue weighted by Gasteiger charge is -2.10. The van der Waals surface area contributed by atoms with Gasteiger partial charge in [0.15, 0.2) is 0 Å². The average Bonchev–Trinajstić information content (AvgIpc) is 2.60. The normalized spacial score (nSPS) is 10.8. The minimum atomic E-state index is -0.248. The number of aryl methyl sites for hydroxylation is 3. The molecular formula is C20H21N3O2. The molecule has 1 N–H and O–H groups in total. The molecule has 1 amide bonds. The first-order chi connectivity index (χ1) is 12.0. The number of hydrogen-bond donors (Lipinski definition) is 1. The summed E-state index contributed by atoms with van der Waals surface area (Å²) in [5.74, 6) is -0.162. The smallest absolute Gasteiger partial charge is 0.281 e. The number of hydrogen-bond acceptors (Lipinski definition) is 3. The number of carbonyl (C=O) groups is 1. The molecule has 5 heteroatoms. The summed E-state index contributed by atoms with van der Waals surface area (Å²) in [6.07, 6.45) is 3.66. The molecule has 0 aliphatic rings. The maximum absolute atomic E-state index is 12.6. The van der Waals surface area contributed by atoms with Crippen molar-refractivity contribution in [2.45, 2.75) is 33.1 Å². The standard InChI is InChI=1S/C20H21N3O2/c1-14-11-12-17-21-15(2)19(20(25)23(17)13-14)22-18(24)10-6-9-16-7-4-3-5-8-16/h3-5,7-8,11-13H,6,9-10H2,1-2H3,(H,22,24). The van der Waals surface area contributed by atoms with E-state index in [0.29, 0.717) is 17.8 Å². The van der Waals surface area contributed by atoms with Gasteiger partial charge in [-0.15, -0.1) is 0 Å². The van der Waals surface area contributed by atoms with Gasteiger partial charge >= 0.3 is 0 Å². The van der Waals surface area contributed by atoms with Crippen LogP contribution in [0.3, 0.4) is 0 Å². The van der Waals surface area contributed by atoms with Crippen molar-refractivity contribution in [3.8, 4) is 0 Å². The van der Waals surface area contributed by atoms with Crippen LogP contribution in [0.25, 0.3) is 5.65 Å². The predicted molar refractivity (Wildman–Crippen MR) is 98.9 cm³/mol. The van der Waals surface area contributed by atoms with E-state index in [1.165, 1.54) is 9.96 Å². The largest absolute Gasteiger partial charge is 0.320 e. The Morgan fingerprint density at radius 2 is 1.88 bits per heavy atom. The fraction of sp³-hybridized carbons (Fsp3) is 0.250. The van der Waals surface area contributed by atoms with Crippen molar-refractivity contribution in [3.63, 3.8) is 0 Å². The fourth-order valence-corrected chi connectivity index (χ4v) is 2.80. The minimum absolute atomic E-state index is 0.162. The first-order valence-electron chi connectivity index (χ1n) is 8.38. The van der Waals surface area contributed by atoms with Crippen LogP contribution in [0, 0.1) is 13.8 Å². The van der Waals surface area contributed by atoms with E-state index in [9.17, 15) is 9.59 Å². The summed E-state index contributed by atoms with van der Waals surface area (Å²) in [5.41, 5.74) is 3.28. The highest BCUT2D eigenvalue weighted by Crippen LogP contribution is 2.11. The summed E-state index contributed by atoms with van der Waals surface area (Å²) in [5, 5.41) is 2.74. The average molecular weight is 335 g/mol. The van der Waals surface area contributed by atoms with Gasteiger partial charge < -0.3 is 5.32 Å². The van der Waals surface area contributed by atoms with Gasteiger partial charge in [0.1, 0.15) is 11.3 Å². The molecule has 2 heterocycles. The Hall–Kier alpha value is -2.95. The molecule has 3 rings (SSSR count). The van der Waals surface area contributed by atoms with Crippen molar-refractivity contribution in [3.05, 3.63) is 75.8 Å². The molecule has 0 spiro atoms. The fourth-order valence-electron chi connectivity index (χ4n) is 2.80. The van der Waals surface area contributed by atoms with Crippen molar-refractivity contribution >= 4 is 17.2 Å². The Balaban J connectivity index is 1.71. The number of rotatable bonds is 5. The quantitative estimate of drug-likeness (QED) is 0.778. The monoisotopic (exact) mass is 335 g/mol. The number of anilines is 1. The first kappa shape index (κ1) is 16.9. The number of fused-ring (bicyclic) bond motifs is 1. The highest BCUT2D eigenvalue weighted by Gasteiger charge is 2.12. The number of aromatic nitrogens is 2. The van der Waals surface area contributed by atoms with Gasteiger partial charge in [-0.05, 0) is 43.9 Å². The summed E-state index contributed by atoms with van der Waals surface area (Å²) in [4.78, 5) is 29.3. The molecule has 0 unspecified atom stereocenters. The van der Waals surface area contributed by atoms with Gasteiger partial charge in [-0.2, -0.15) is 0 Å². The lowest BCUT2D eigenvalue weighted by Crippen LogP contribution is -2.25. The second kappa shape index (κ2) is 7.30. The van der Waals surface area contributed by atoms with Crippen LogP contribution in [0.5, 0.6) is 0 Å². The van der Waals surface area contributed by atoms with Crippen molar-refractivity contribution in [1.82, 2.24) is 9.38 Å². The number of carbonyl (C=O) groups excluding carboxylic acids is 1. The van der Waals surface area contributed by atoms with Gasteiger partial charge in [0, 0.05) is 12.6 Å². The highest BCUT2D eigenvalue weighted by molar-refractivity contribution is 5.91. The third-order valence-electron chi connectivity index (χ3n) is 4.13. The minimum Gasteiger partial charge on any atom is -0.320 e. The van der Waals surface area contributed by atoms with Crippen LogP contribution < -0.4 is 10.9 Å². The van der Waals surface area contributed by atoms with Crippen molar-refractivity contribution in [2.75, 3.05) is 5.32 Å². The first-order valence-corrected chi connectivity index (χ1v) is 8.38. The topological polar surface area (TPSA) is 63.5 Å². The Morgan fingerprint density at radius 1 is 1.12 bits per heavy atom. The number of nitrogens with zero attached hydrogens (tertiary/aromatic N) is 2. The Labute approximate surface area is 146 Å². The zero-order valence-corrected chi connectivity index (χ0v) is 14.5. The van der Waals surface area contributed by atoms with Gasteiger partial charge in [-0.25, -0.2) is 4.98 Å². The SMILES string of the molecule is Cc1ccc2nc(C)c(NC(=O)CCCc3ccccc3)c(=O)n2c1. The number of pyridine rings is 1. The van der Waals surface area contributed by atoms with E-state index in [2.05, 4.69) is 10.3 Å². The number of benzene rings is 1. The van der Waals surface area contributed by atoms with Crippen LogP contribution in [-0.4, -0.2) is 15.3 Å². The molecule has 0 aliphatic heterocycles. The summed E-state index contributed by atoms with van der Waals surface area (Å²) in [6, 6.07) is 13.7. The summed E-state index contributed by atoms with van der Waals surface area (Å²) in [6.45, 7) is 3.65. The molecule has 0 radical (unpaired) electrons. The van der Waals surface area contributed by atoms with E-state index in [0.717, 1.165) is 18.4 Å². The lowest BCUT2D eigenvalue weighted by atomic mass is 10.1. The molecule has 128 valence electrons. The molecule has 25 heavy (non-hydrogen) atoms. The van der Waals surface area contributed by atoms with Crippen LogP contribution in [0.15, 0.2) is 53.5 Å². The van der Waals surface area contributed by atoms with Gasteiger partial charge in [0.2, 0.25) is 5.91 Å². The Morgan fingerprint density at radius 3 is 2.64 bits per heavy atom. The van der Waals surface area contributed by atoms with E-state index in [1.807, 2.05) is 43.3 Å². The summed E-state index contributed by atoms with van der Waals surface area (Å²) in [7, 11) is 0. The Bertz CT molecular complexity index is 962. The molecular weight excluding hydrogens is 314 g/mol. The zero-order valence-electron chi connectivity index (χ0n) is 14.5. The van der Waals surface area contributed by atoms with Crippen LogP contribution in [0.1, 0.15) is 29.7 Å². The van der Waals surface area contributed by atoms with Crippen molar-refractivity contribution in [1.29, 1.82) is 0 Å². The molecule has 0 saturated carbocycles. The van der Waals surface area contributed by atoms with E-state index >= 15 is 0 Å². The van der Waals surface area contributed by atoms with Crippen LogP contribution in [0.2, 0.25) is 0 Å². The Kier molecular flexibility index (Phi) is 4.93. The van der Waals surface area contributed by atoms with E-state index < -0.39 is 0 Å². The van der Waals surface area contributed by atoms with Gasteiger partial charge in [0.25, 0.3) is 5.56 Å². The van der Waals surface area contributed by atoms with Crippen LogP contribution in [0.4, 0.5) is 5.69 Å². The molecule has 0 bridgehead atoms. The number of amides is 1. The molecule has 0 fully saturated rings. The molecule has 5 nitrogen and oxygen atoms in total. The zero-order chi connectivity index (χ0) is 17.8. The summed E-state index contributed by atoms with van der Waals surface area (Å²) < 4.78 is 1.47. The number of nitrogens with one attached hydrogen (secondary N) is 1. The predicted octanol–water partition coefficient (Wildman–Crippen LogP) is 3.27. The summed E-state index contributed by atoms with van der Waals surface area (Å²) >= 11 is 0. The molecule has 0 aliphatic carbocycles. The third kappa shape index (κ3) is 3.94. The molecule has 0 saturated heterocycles. The van der Waals surface area contributed by atoms with E-state index in [1.54, 1.807) is 19.2 Å². The van der Waals surface area contributed by atoms with Gasteiger partial charge in [-0.1, -0.05) is 36.4 Å². The molecule has 2 aromatic heterocycles. The maximum Gasteiger partial charge on any atom is 0.281 e.